The van der Waals surface area contributed by atoms with E-state index in [1.54, 1.807) is 40.9 Å². The third-order valence-corrected chi connectivity index (χ3v) is 3.55. The van der Waals surface area contributed by atoms with Gasteiger partial charge in [-0.05, 0) is 24.3 Å². The number of nitrogens with zero attached hydrogens (tertiary/aromatic N) is 5. The van der Waals surface area contributed by atoms with E-state index in [0.29, 0.717) is 28.5 Å². The predicted molar refractivity (Wildman–Crippen MR) is 85.9 cm³/mol. The van der Waals surface area contributed by atoms with Gasteiger partial charge in [0, 0.05) is 6.07 Å². The number of fused-ring (bicyclic) bond motifs is 3. The van der Waals surface area contributed by atoms with Gasteiger partial charge in [-0.15, -0.1) is 0 Å². The van der Waals surface area contributed by atoms with Gasteiger partial charge in [0.25, 0.3) is 11.5 Å². The Balaban J connectivity index is 1.77. The van der Waals surface area contributed by atoms with Crippen LogP contribution < -0.4 is 5.32 Å². The first kappa shape index (κ1) is 13.7. The van der Waals surface area contributed by atoms with Crippen LogP contribution in [0.4, 0.5) is 17.3 Å². The highest BCUT2D eigenvalue weighted by Gasteiger charge is 2.15. The first-order chi connectivity index (χ1) is 11.7. The van der Waals surface area contributed by atoms with Crippen LogP contribution in [0.2, 0.25) is 0 Å². The molecule has 0 saturated carbocycles. The highest BCUT2D eigenvalue weighted by molar-refractivity contribution is 5.81. The second-order valence-corrected chi connectivity index (χ2v) is 5.03. The van der Waals surface area contributed by atoms with E-state index in [-0.39, 0.29) is 5.69 Å². The van der Waals surface area contributed by atoms with Crippen LogP contribution in [0.3, 0.4) is 0 Å². The number of nitriles is 1. The smallest absolute Gasteiger partial charge is 0.292 e. The van der Waals surface area contributed by atoms with E-state index in [1.165, 1.54) is 6.07 Å². The fraction of sp³-hybridized carbons (Fsp3) is 0. The van der Waals surface area contributed by atoms with E-state index in [4.69, 9.17) is 5.26 Å². The maximum Gasteiger partial charge on any atom is 0.292 e. The number of nitro benzene ring substituents is 1. The Morgan fingerprint density at radius 1 is 1.25 bits per heavy atom. The summed E-state index contributed by atoms with van der Waals surface area (Å²) in [7, 11) is 0. The number of anilines is 2. The average Bonchev–Trinajstić information content (AvgIpc) is 3.11. The third kappa shape index (κ3) is 2.10. The topological polar surface area (TPSA) is 125 Å². The number of aromatic nitrogens is 4. The molecule has 0 aliphatic rings. The maximum absolute atomic E-state index is 11.1. The quantitative estimate of drug-likeness (QED) is 0.442. The minimum Gasteiger partial charge on any atom is -0.319 e. The van der Waals surface area contributed by atoms with Crippen molar-refractivity contribution >= 4 is 34.1 Å². The molecule has 0 amide bonds. The zero-order chi connectivity index (χ0) is 16.7. The number of para-hydroxylation sites is 2. The number of rotatable bonds is 3. The normalized spacial score (nSPS) is 10.8. The van der Waals surface area contributed by atoms with Crippen LogP contribution in [0.15, 0.2) is 42.5 Å². The lowest BCUT2D eigenvalue weighted by Gasteiger charge is -2.02. The molecule has 0 fully saturated rings. The second kappa shape index (κ2) is 5.06. The zero-order valence-corrected chi connectivity index (χ0v) is 12.1. The fourth-order valence-electron chi connectivity index (χ4n) is 2.48. The van der Waals surface area contributed by atoms with E-state index < -0.39 is 4.92 Å². The van der Waals surface area contributed by atoms with Gasteiger partial charge in [0.1, 0.15) is 5.69 Å². The molecule has 0 aliphatic carbocycles. The summed E-state index contributed by atoms with van der Waals surface area (Å²) < 4.78 is 1.65. The molecule has 9 heteroatoms. The van der Waals surface area contributed by atoms with Crippen LogP contribution in [0.5, 0.6) is 0 Å². The van der Waals surface area contributed by atoms with Crippen molar-refractivity contribution in [3.63, 3.8) is 0 Å². The summed E-state index contributed by atoms with van der Waals surface area (Å²) in [6.07, 6.45) is 0. The van der Waals surface area contributed by atoms with E-state index in [1.807, 2.05) is 0 Å². The Morgan fingerprint density at radius 3 is 2.88 bits per heavy atom. The summed E-state index contributed by atoms with van der Waals surface area (Å²) >= 11 is 0. The lowest BCUT2D eigenvalue weighted by Crippen LogP contribution is -1.98. The van der Waals surface area contributed by atoms with Gasteiger partial charge in [0.15, 0.2) is 0 Å². The molecule has 116 valence electrons. The number of nitrogens with one attached hydrogen (secondary N) is 2. The van der Waals surface area contributed by atoms with E-state index in [9.17, 15) is 10.1 Å². The Hall–Kier alpha value is -3.93. The predicted octanol–water partition coefficient (Wildman–Crippen LogP) is 2.73. The molecule has 0 unspecified atom stereocenters. The van der Waals surface area contributed by atoms with E-state index in [2.05, 4.69) is 26.5 Å². The molecule has 0 radical (unpaired) electrons. The molecule has 0 saturated heterocycles. The monoisotopic (exact) mass is 319 g/mol. The Labute approximate surface area is 134 Å². The SMILES string of the molecule is N#Cc1ccc2c(c1)nc1nc(Nc3ccccc3[N+](=O)[O-])[nH]n12. The van der Waals surface area contributed by atoms with Gasteiger partial charge >= 0.3 is 0 Å². The summed E-state index contributed by atoms with van der Waals surface area (Å²) in [6.45, 7) is 0. The lowest BCUT2D eigenvalue weighted by atomic mass is 10.2. The molecular weight excluding hydrogens is 310 g/mol. The van der Waals surface area contributed by atoms with Crippen molar-refractivity contribution in [3.8, 4) is 6.07 Å². The number of hydrogen-bond donors (Lipinski definition) is 2. The van der Waals surface area contributed by atoms with Crippen molar-refractivity contribution < 1.29 is 4.92 Å². The van der Waals surface area contributed by atoms with Crippen LogP contribution in [0.1, 0.15) is 5.56 Å². The first-order valence-electron chi connectivity index (χ1n) is 6.94. The largest absolute Gasteiger partial charge is 0.319 e. The molecule has 2 aromatic carbocycles. The Bertz CT molecular complexity index is 1140. The van der Waals surface area contributed by atoms with Crippen molar-refractivity contribution in [3.05, 3.63) is 58.1 Å². The molecule has 4 aromatic rings. The number of benzene rings is 2. The number of nitro groups is 1. The van der Waals surface area contributed by atoms with Gasteiger partial charge < -0.3 is 5.32 Å². The maximum atomic E-state index is 11.1. The average molecular weight is 319 g/mol. The number of imidazole rings is 1. The number of H-pyrrole nitrogens is 1. The van der Waals surface area contributed by atoms with Gasteiger partial charge in [0.05, 0.1) is 27.6 Å². The highest BCUT2D eigenvalue weighted by atomic mass is 16.6. The van der Waals surface area contributed by atoms with Crippen LogP contribution in [0, 0.1) is 21.4 Å². The summed E-state index contributed by atoms with van der Waals surface area (Å²) in [4.78, 5) is 19.2. The van der Waals surface area contributed by atoms with Crippen molar-refractivity contribution in [2.24, 2.45) is 0 Å². The van der Waals surface area contributed by atoms with Gasteiger partial charge in [-0.1, -0.05) is 12.1 Å². The van der Waals surface area contributed by atoms with E-state index in [0.717, 1.165) is 5.52 Å². The number of hydrogen-bond acceptors (Lipinski definition) is 6. The summed E-state index contributed by atoms with van der Waals surface area (Å²) in [5.74, 6) is 0.735. The lowest BCUT2D eigenvalue weighted by molar-refractivity contribution is -0.383. The van der Waals surface area contributed by atoms with Crippen molar-refractivity contribution in [2.75, 3.05) is 5.32 Å². The van der Waals surface area contributed by atoms with Crippen LogP contribution >= 0.6 is 0 Å². The second-order valence-electron chi connectivity index (χ2n) is 5.03. The molecular formula is C15H9N7O2. The molecule has 2 heterocycles. The molecule has 4 rings (SSSR count). The van der Waals surface area contributed by atoms with Crippen LogP contribution in [0.25, 0.3) is 16.8 Å². The highest BCUT2D eigenvalue weighted by Crippen LogP contribution is 2.26. The first-order valence-corrected chi connectivity index (χ1v) is 6.94. The zero-order valence-electron chi connectivity index (χ0n) is 12.1. The Morgan fingerprint density at radius 2 is 2.08 bits per heavy atom. The molecule has 2 N–H and O–H groups in total. The van der Waals surface area contributed by atoms with Gasteiger partial charge in [-0.2, -0.15) is 10.2 Å². The van der Waals surface area contributed by atoms with E-state index >= 15 is 0 Å². The Kier molecular flexibility index (Phi) is 2.89. The third-order valence-electron chi connectivity index (χ3n) is 3.55. The van der Waals surface area contributed by atoms with Crippen molar-refractivity contribution in [1.82, 2.24) is 19.6 Å². The van der Waals surface area contributed by atoms with Gasteiger partial charge in [0.2, 0.25) is 5.95 Å². The summed E-state index contributed by atoms with van der Waals surface area (Å²) in [5, 5.41) is 25.9. The summed E-state index contributed by atoms with van der Waals surface area (Å²) in [5.41, 5.74) is 2.20. The van der Waals surface area contributed by atoms with Gasteiger partial charge in [-0.25, -0.2) is 9.50 Å². The molecule has 24 heavy (non-hydrogen) atoms. The standard InChI is InChI=1S/C15H9N7O2/c16-8-9-5-6-12-11(7-9)18-15-19-14(20-21(12)15)17-10-3-1-2-4-13(10)22(23)24/h1-7H,(H2,17,18,19,20). The molecule has 9 nitrogen and oxygen atoms in total. The molecule has 0 aliphatic heterocycles. The fourth-order valence-corrected chi connectivity index (χ4v) is 2.48. The van der Waals surface area contributed by atoms with Crippen molar-refractivity contribution in [2.45, 2.75) is 0 Å². The molecule has 0 bridgehead atoms. The molecule has 0 atom stereocenters. The van der Waals surface area contributed by atoms with Crippen LogP contribution in [-0.4, -0.2) is 24.5 Å². The summed E-state index contributed by atoms with van der Waals surface area (Å²) in [6, 6.07) is 13.5. The minimum atomic E-state index is -0.463. The molecule has 2 aromatic heterocycles. The minimum absolute atomic E-state index is 0.0462. The van der Waals surface area contributed by atoms with Gasteiger partial charge in [-0.3, -0.25) is 15.2 Å². The molecule has 0 spiro atoms. The van der Waals surface area contributed by atoms with Crippen molar-refractivity contribution in [1.29, 1.82) is 5.26 Å². The van der Waals surface area contributed by atoms with Crippen LogP contribution in [-0.2, 0) is 0 Å². The number of aromatic amines is 1.